The van der Waals surface area contributed by atoms with Gasteiger partial charge in [-0.15, -0.1) is 0 Å². The maximum absolute atomic E-state index is 13.0. The minimum atomic E-state index is -3.76. The van der Waals surface area contributed by atoms with E-state index in [9.17, 15) is 13.2 Å². The number of amides is 1. The minimum absolute atomic E-state index is 0.0362. The van der Waals surface area contributed by atoms with Crippen LogP contribution in [-0.2, 0) is 10.0 Å². The summed E-state index contributed by atoms with van der Waals surface area (Å²) in [5.41, 5.74) is 2.52. The molecule has 0 aromatic heterocycles. The molecule has 1 N–H and O–H groups in total. The average molecular weight is 452 g/mol. The third kappa shape index (κ3) is 4.71. The van der Waals surface area contributed by atoms with E-state index in [1.54, 1.807) is 17.9 Å². The van der Waals surface area contributed by atoms with Crippen molar-refractivity contribution in [2.75, 3.05) is 44.7 Å². The number of carbonyl (C=O) groups is 1. The van der Waals surface area contributed by atoms with Crippen molar-refractivity contribution in [3.8, 4) is 5.75 Å². The van der Waals surface area contributed by atoms with Crippen LogP contribution in [0.2, 0.25) is 5.02 Å². The summed E-state index contributed by atoms with van der Waals surface area (Å²) in [4.78, 5) is 16.9. The number of ether oxygens (including phenoxy) is 1. The van der Waals surface area contributed by atoms with Crippen LogP contribution < -0.4 is 14.4 Å². The second kappa shape index (κ2) is 9.24. The molecule has 0 bridgehead atoms. The number of nitrogens with zero attached hydrogens (tertiary/aromatic N) is 2. The van der Waals surface area contributed by atoms with E-state index in [0.29, 0.717) is 36.8 Å². The Balaban J connectivity index is 1.77. The highest BCUT2D eigenvalue weighted by Gasteiger charge is 2.26. The Morgan fingerprint density at radius 2 is 1.83 bits per heavy atom. The smallest absolute Gasteiger partial charge is 0.254 e. The molecule has 1 aliphatic heterocycles. The highest BCUT2D eigenvalue weighted by molar-refractivity contribution is 7.89. The highest BCUT2D eigenvalue weighted by atomic mass is 35.5. The van der Waals surface area contributed by atoms with Crippen LogP contribution in [0.5, 0.6) is 5.75 Å². The van der Waals surface area contributed by atoms with Gasteiger partial charge in [-0.25, -0.2) is 13.1 Å². The SMILES string of the molecule is CCNS(=O)(=O)c1cc(C(=O)N2CCN(c3cc(Cl)ccc3C)CC2)ccc1OC. The summed E-state index contributed by atoms with van der Waals surface area (Å²) in [7, 11) is -2.36. The van der Waals surface area contributed by atoms with Crippen LogP contribution in [0, 0.1) is 6.92 Å². The zero-order chi connectivity index (χ0) is 21.9. The quantitative estimate of drug-likeness (QED) is 0.730. The van der Waals surface area contributed by atoms with Gasteiger partial charge in [0.15, 0.2) is 0 Å². The Bertz CT molecular complexity index is 1030. The number of piperazine rings is 1. The van der Waals surface area contributed by atoms with Gasteiger partial charge in [-0.2, -0.15) is 0 Å². The molecular formula is C21H26ClN3O4S. The monoisotopic (exact) mass is 451 g/mol. The maximum atomic E-state index is 13.0. The van der Waals surface area contributed by atoms with Crippen LogP contribution >= 0.6 is 11.6 Å². The maximum Gasteiger partial charge on any atom is 0.254 e. The Morgan fingerprint density at radius 1 is 1.13 bits per heavy atom. The Labute approximate surface area is 182 Å². The van der Waals surface area contributed by atoms with Crippen molar-refractivity contribution in [3.05, 3.63) is 52.5 Å². The molecule has 0 atom stereocenters. The van der Waals surface area contributed by atoms with E-state index in [4.69, 9.17) is 16.3 Å². The molecule has 7 nitrogen and oxygen atoms in total. The van der Waals surface area contributed by atoms with Crippen molar-refractivity contribution in [2.45, 2.75) is 18.7 Å². The van der Waals surface area contributed by atoms with Crippen LogP contribution in [0.15, 0.2) is 41.3 Å². The summed E-state index contributed by atoms with van der Waals surface area (Å²) >= 11 is 6.14. The lowest BCUT2D eigenvalue weighted by Crippen LogP contribution is -2.49. The van der Waals surface area contributed by atoms with Crippen LogP contribution in [0.25, 0.3) is 0 Å². The third-order valence-electron chi connectivity index (χ3n) is 5.11. The van der Waals surface area contributed by atoms with Gasteiger partial charge in [0.05, 0.1) is 7.11 Å². The predicted octanol–water partition coefficient (Wildman–Crippen LogP) is 2.92. The van der Waals surface area contributed by atoms with Crippen LogP contribution in [0.1, 0.15) is 22.8 Å². The number of benzene rings is 2. The first-order valence-corrected chi connectivity index (χ1v) is 11.6. The molecule has 162 valence electrons. The fraction of sp³-hybridized carbons (Fsp3) is 0.381. The first kappa shape index (κ1) is 22.4. The summed E-state index contributed by atoms with van der Waals surface area (Å²) in [6, 6.07) is 10.3. The van der Waals surface area contributed by atoms with Crippen LogP contribution in [0.4, 0.5) is 5.69 Å². The van der Waals surface area contributed by atoms with Gasteiger partial charge >= 0.3 is 0 Å². The topological polar surface area (TPSA) is 79.0 Å². The number of hydrogen-bond acceptors (Lipinski definition) is 5. The van der Waals surface area contributed by atoms with Gasteiger partial charge in [-0.3, -0.25) is 4.79 Å². The molecular weight excluding hydrogens is 426 g/mol. The fourth-order valence-corrected chi connectivity index (χ4v) is 4.94. The summed E-state index contributed by atoms with van der Waals surface area (Å²) < 4.78 is 32.6. The molecule has 0 spiro atoms. The molecule has 0 aliphatic carbocycles. The van der Waals surface area contributed by atoms with Gasteiger partial charge in [0.25, 0.3) is 5.91 Å². The normalized spacial score (nSPS) is 14.7. The Kier molecular flexibility index (Phi) is 6.90. The van der Waals surface area contributed by atoms with Crippen molar-refractivity contribution in [2.24, 2.45) is 0 Å². The molecule has 30 heavy (non-hydrogen) atoms. The van der Waals surface area contributed by atoms with E-state index in [1.807, 2.05) is 25.1 Å². The van der Waals surface area contributed by atoms with Crippen molar-refractivity contribution in [3.63, 3.8) is 0 Å². The van der Waals surface area contributed by atoms with Gasteiger partial charge in [0, 0.05) is 49.0 Å². The lowest BCUT2D eigenvalue weighted by atomic mass is 10.1. The second-order valence-electron chi connectivity index (χ2n) is 7.08. The lowest BCUT2D eigenvalue weighted by molar-refractivity contribution is 0.0746. The molecule has 2 aromatic rings. The Hall–Kier alpha value is -2.29. The molecule has 3 rings (SSSR count). The van der Waals surface area contributed by atoms with Crippen molar-refractivity contribution in [1.82, 2.24) is 9.62 Å². The zero-order valence-corrected chi connectivity index (χ0v) is 18.9. The summed E-state index contributed by atoms with van der Waals surface area (Å²) in [5, 5.41) is 0.682. The Morgan fingerprint density at radius 3 is 2.47 bits per heavy atom. The molecule has 1 saturated heterocycles. The summed E-state index contributed by atoms with van der Waals surface area (Å²) in [5.74, 6) is 0.00168. The van der Waals surface area contributed by atoms with Crippen molar-refractivity contribution >= 4 is 33.2 Å². The number of nitrogens with one attached hydrogen (secondary N) is 1. The molecule has 1 fully saturated rings. The van der Waals surface area contributed by atoms with Gasteiger partial charge in [-0.1, -0.05) is 24.6 Å². The molecule has 1 amide bonds. The van der Waals surface area contributed by atoms with E-state index in [1.165, 1.54) is 19.2 Å². The second-order valence-corrected chi connectivity index (χ2v) is 9.25. The molecule has 0 radical (unpaired) electrons. The standard InChI is InChI=1S/C21H26ClN3O4S/c1-4-23-30(27,28)20-13-16(6-8-19(20)29-3)21(26)25-11-9-24(10-12-25)18-14-17(22)7-5-15(18)2/h5-8,13-14,23H,4,9-12H2,1-3H3. The van der Waals surface area contributed by atoms with Crippen molar-refractivity contribution < 1.29 is 17.9 Å². The van der Waals surface area contributed by atoms with E-state index in [2.05, 4.69) is 9.62 Å². The van der Waals surface area contributed by atoms with Crippen molar-refractivity contribution in [1.29, 1.82) is 0 Å². The van der Waals surface area contributed by atoms with E-state index < -0.39 is 10.0 Å². The van der Waals surface area contributed by atoms with E-state index >= 15 is 0 Å². The first-order valence-electron chi connectivity index (χ1n) is 9.75. The fourth-order valence-electron chi connectivity index (χ4n) is 3.54. The third-order valence-corrected chi connectivity index (χ3v) is 6.92. The molecule has 1 aliphatic rings. The molecule has 0 saturated carbocycles. The first-order chi connectivity index (χ1) is 14.3. The van der Waals surface area contributed by atoms with Gasteiger partial charge in [-0.05, 0) is 42.8 Å². The largest absolute Gasteiger partial charge is 0.495 e. The van der Waals surface area contributed by atoms with E-state index in [-0.39, 0.29) is 23.1 Å². The van der Waals surface area contributed by atoms with Gasteiger partial charge in [0.1, 0.15) is 10.6 Å². The van der Waals surface area contributed by atoms with Crippen LogP contribution in [-0.4, -0.2) is 59.1 Å². The predicted molar refractivity (Wildman–Crippen MR) is 118 cm³/mol. The number of rotatable bonds is 6. The number of aryl methyl sites for hydroxylation is 1. The van der Waals surface area contributed by atoms with Gasteiger partial charge < -0.3 is 14.5 Å². The lowest BCUT2D eigenvalue weighted by Gasteiger charge is -2.37. The summed E-state index contributed by atoms with van der Waals surface area (Å²) in [6.07, 6.45) is 0. The minimum Gasteiger partial charge on any atom is -0.495 e. The molecule has 0 unspecified atom stereocenters. The highest BCUT2D eigenvalue weighted by Crippen LogP contribution is 2.27. The molecule has 9 heteroatoms. The van der Waals surface area contributed by atoms with Gasteiger partial charge in [0.2, 0.25) is 10.0 Å². The number of methoxy groups -OCH3 is 1. The number of sulfonamides is 1. The zero-order valence-electron chi connectivity index (χ0n) is 17.3. The number of halogens is 1. The van der Waals surface area contributed by atoms with E-state index in [0.717, 1.165) is 11.3 Å². The molecule has 1 heterocycles. The number of anilines is 1. The summed E-state index contributed by atoms with van der Waals surface area (Å²) in [6.45, 7) is 6.39. The molecule has 2 aromatic carbocycles. The number of hydrogen-bond donors (Lipinski definition) is 1. The van der Waals surface area contributed by atoms with Crippen LogP contribution in [0.3, 0.4) is 0 Å². The average Bonchev–Trinajstić information content (AvgIpc) is 2.74. The number of carbonyl (C=O) groups excluding carboxylic acids is 1.